The second-order valence-electron chi connectivity index (χ2n) is 7.71. The van der Waals surface area contributed by atoms with Gasteiger partial charge in [0, 0.05) is 25.3 Å². The van der Waals surface area contributed by atoms with Gasteiger partial charge >= 0.3 is 0 Å². The van der Waals surface area contributed by atoms with Crippen LogP contribution in [0.2, 0.25) is 0 Å². The summed E-state index contributed by atoms with van der Waals surface area (Å²) in [4.78, 5) is 14.7. The molecule has 0 bridgehead atoms. The van der Waals surface area contributed by atoms with Gasteiger partial charge in [0.25, 0.3) is 0 Å². The molecule has 0 radical (unpaired) electrons. The fraction of sp³-hybridized carbons (Fsp3) is 0.409. The highest BCUT2D eigenvalue weighted by molar-refractivity contribution is 7.88. The van der Waals surface area contributed by atoms with Gasteiger partial charge in [-0.15, -0.1) is 0 Å². The first kappa shape index (κ1) is 22.3. The first-order valence-corrected chi connectivity index (χ1v) is 11.9. The van der Waals surface area contributed by atoms with E-state index >= 15 is 0 Å². The van der Waals surface area contributed by atoms with Crippen LogP contribution in [0, 0.1) is 0 Å². The Labute approximate surface area is 178 Å². The van der Waals surface area contributed by atoms with Gasteiger partial charge in [-0.25, -0.2) is 8.42 Å². The number of nitrogens with one attached hydrogen (secondary N) is 1. The molecule has 1 amide bonds. The summed E-state index contributed by atoms with van der Waals surface area (Å²) >= 11 is 0. The maximum atomic E-state index is 12.4. The van der Waals surface area contributed by atoms with E-state index < -0.39 is 10.0 Å². The van der Waals surface area contributed by atoms with E-state index in [1.54, 1.807) is 12.1 Å². The Balaban J connectivity index is 1.55. The lowest BCUT2D eigenvalue weighted by Gasteiger charge is -2.29. The standard InChI is InChI=1S/C22H29N3O4S/c1-24-14-12-21(13-15-24)29-20-10-8-19(9-11-20)23-22(26)17-25(30(2,27)28)16-18-6-4-3-5-7-18/h3-11,21H,12-17H2,1-2H3,(H,23,26). The van der Waals surface area contributed by atoms with Gasteiger partial charge in [0.05, 0.1) is 12.8 Å². The first-order chi connectivity index (χ1) is 14.3. The smallest absolute Gasteiger partial charge is 0.239 e. The van der Waals surface area contributed by atoms with Gasteiger partial charge in [-0.3, -0.25) is 4.79 Å². The zero-order chi connectivity index (χ0) is 21.6. The molecule has 0 unspecified atom stereocenters. The van der Waals surface area contributed by atoms with Crippen LogP contribution in [0.25, 0.3) is 0 Å². The number of carbonyl (C=O) groups is 1. The molecule has 0 aromatic heterocycles. The molecule has 1 saturated heterocycles. The molecule has 0 spiro atoms. The van der Waals surface area contributed by atoms with Crippen molar-refractivity contribution in [1.82, 2.24) is 9.21 Å². The Kier molecular flexibility index (Phi) is 7.47. The average molecular weight is 432 g/mol. The fourth-order valence-electron chi connectivity index (χ4n) is 3.35. The number of sulfonamides is 1. The summed E-state index contributed by atoms with van der Waals surface area (Å²) in [6.45, 7) is 1.95. The summed E-state index contributed by atoms with van der Waals surface area (Å²) in [7, 11) is -1.42. The number of likely N-dealkylation sites (tertiary alicyclic amines) is 1. The average Bonchev–Trinajstić information content (AvgIpc) is 2.71. The number of hydrogen-bond acceptors (Lipinski definition) is 5. The number of piperidine rings is 1. The number of hydrogen-bond donors (Lipinski definition) is 1. The molecule has 2 aromatic rings. The van der Waals surface area contributed by atoms with Crippen molar-refractivity contribution < 1.29 is 17.9 Å². The van der Waals surface area contributed by atoms with Crippen molar-refractivity contribution in [3.8, 4) is 5.75 Å². The van der Waals surface area contributed by atoms with Crippen LogP contribution in [0.5, 0.6) is 5.75 Å². The molecule has 30 heavy (non-hydrogen) atoms. The molecule has 7 nitrogen and oxygen atoms in total. The first-order valence-electron chi connectivity index (χ1n) is 10.0. The summed E-state index contributed by atoms with van der Waals surface area (Å²) in [5, 5.41) is 2.76. The number of rotatable bonds is 8. The predicted octanol–water partition coefficient (Wildman–Crippen LogP) is 2.56. The summed E-state index contributed by atoms with van der Waals surface area (Å²) in [5.74, 6) is 0.379. The fourth-order valence-corrected chi connectivity index (χ4v) is 4.09. The third kappa shape index (κ3) is 6.83. The van der Waals surface area contributed by atoms with Gasteiger partial charge in [0.15, 0.2) is 0 Å². The van der Waals surface area contributed by atoms with Crippen LogP contribution in [0.3, 0.4) is 0 Å². The highest BCUT2D eigenvalue weighted by Gasteiger charge is 2.21. The van der Waals surface area contributed by atoms with Crippen molar-refractivity contribution >= 4 is 21.6 Å². The van der Waals surface area contributed by atoms with Crippen molar-refractivity contribution in [3.63, 3.8) is 0 Å². The maximum absolute atomic E-state index is 12.4. The number of amides is 1. The Morgan fingerprint density at radius 2 is 1.73 bits per heavy atom. The van der Waals surface area contributed by atoms with Crippen molar-refractivity contribution in [3.05, 3.63) is 60.2 Å². The Hall–Kier alpha value is -2.42. The molecule has 0 aliphatic carbocycles. The monoisotopic (exact) mass is 431 g/mol. The Bertz CT molecular complexity index is 925. The zero-order valence-corrected chi connectivity index (χ0v) is 18.3. The zero-order valence-electron chi connectivity index (χ0n) is 17.5. The second kappa shape index (κ2) is 10.1. The van der Waals surface area contributed by atoms with Gasteiger partial charge < -0.3 is 15.0 Å². The normalized spacial score (nSPS) is 15.8. The topological polar surface area (TPSA) is 79.0 Å². The molecule has 0 atom stereocenters. The molecule has 8 heteroatoms. The van der Waals surface area contributed by atoms with E-state index in [0.29, 0.717) is 5.69 Å². The van der Waals surface area contributed by atoms with Gasteiger partial charge in [-0.2, -0.15) is 4.31 Å². The molecule has 1 N–H and O–H groups in total. The van der Waals surface area contributed by atoms with Gasteiger partial charge in [0.2, 0.25) is 15.9 Å². The third-order valence-corrected chi connectivity index (χ3v) is 6.29. The van der Waals surface area contributed by atoms with Crippen LogP contribution >= 0.6 is 0 Å². The minimum absolute atomic E-state index is 0.149. The van der Waals surface area contributed by atoms with Crippen LogP contribution < -0.4 is 10.1 Å². The van der Waals surface area contributed by atoms with E-state index in [9.17, 15) is 13.2 Å². The molecule has 2 aromatic carbocycles. The summed E-state index contributed by atoms with van der Waals surface area (Å²) < 4.78 is 31.4. The van der Waals surface area contributed by atoms with E-state index in [1.165, 1.54) is 0 Å². The summed E-state index contributed by atoms with van der Waals surface area (Å²) in [6, 6.07) is 16.4. The predicted molar refractivity (Wildman–Crippen MR) is 118 cm³/mol. The van der Waals surface area contributed by atoms with E-state index in [1.807, 2.05) is 42.5 Å². The molecule has 1 aliphatic heterocycles. The summed E-state index contributed by atoms with van der Waals surface area (Å²) in [5.41, 5.74) is 1.43. The molecule has 0 saturated carbocycles. The van der Waals surface area contributed by atoms with Crippen molar-refractivity contribution in [2.75, 3.05) is 38.3 Å². The molecular weight excluding hydrogens is 402 g/mol. The van der Waals surface area contributed by atoms with Crippen molar-refractivity contribution in [1.29, 1.82) is 0 Å². The van der Waals surface area contributed by atoms with E-state index in [0.717, 1.165) is 47.8 Å². The molecule has 1 fully saturated rings. The molecule has 3 rings (SSSR count). The second-order valence-corrected chi connectivity index (χ2v) is 9.69. The van der Waals surface area contributed by atoms with Crippen LogP contribution in [-0.4, -0.2) is 62.6 Å². The summed E-state index contributed by atoms with van der Waals surface area (Å²) in [6.07, 6.45) is 3.32. The Morgan fingerprint density at radius 3 is 2.33 bits per heavy atom. The number of anilines is 1. The SMILES string of the molecule is CN1CCC(Oc2ccc(NC(=O)CN(Cc3ccccc3)S(C)(=O)=O)cc2)CC1. The van der Waals surface area contributed by atoms with Gasteiger partial charge in [0.1, 0.15) is 11.9 Å². The third-order valence-electron chi connectivity index (χ3n) is 5.10. The van der Waals surface area contributed by atoms with E-state index in [-0.39, 0.29) is 25.1 Å². The highest BCUT2D eigenvalue weighted by atomic mass is 32.2. The quantitative estimate of drug-likeness (QED) is 0.695. The number of nitrogens with zero attached hydrogens (tertiary/aromatic N) is 2. The Morgan fingerprint density at radius 1 is 1.10 bits per heavy atom. The lowest BCUT2D eigenvalue weighted by molar-refractivity contribution is -0.116. The van der Waals surface area contributed by atoms with Crippen LogP contribution in [0.15, 0.2) is 54.6 Å². The lowest BCUT2D eigenvalue weighted by atomic mass is 10.1. The molecule has 1 heterocycles. The van der Waals surface area contributed by atoms with E-state index in [2.05, 4.69) is 17.3 Å². The minimum Gasteiger partial charge on any atom is -0.490 e. The van der Waals surface area contributed by atoms with Gasteiger partial charge in [-0.05, 0) is 49.7 Å². The lowest BCUT2D eigenvalue weighted by Crippen LogP contribution is -2.36. The minimum atomic E-state index is -3.53. The number of carbonyl (C=O) groups excluding carboxylic acids is 1. The largest absolute Gasteiger partial charge is 0.490 e. The van der Waals surface area contributed by atoms with Crippen molar-refractivity contribution in [2.24, 2.45) is 0 Å². The van der Waals surface area contributed by atoms with Crippen LogP contribution in [-0.2, 0) is 21.4 Å². The highest BCUT2D eigenvalue weighted by Crippen LogP contribution is 2.21. The molecule has 162 valence electrons. The number of benzene rings is 2. The van der Waals surface area contributed by atoms with Crippen LogP contribution in [0.4, 0.5) is 5.69 Å². The molecule has 1 aliphatic rings. The number of ether oxygens (including phenoxy) is 1. The van der Waals surface area contributed by atoms with Gasteiger partial charge in [-0.1, -0.05) is 30.3 Å². The molecular formula is C22H29N3O4S. The maximum Gasteiger partial charge on any atom is 0.239 e. The van der Waals surface area contributed by atoms with E-state index in [4.69, 9.17) is 4.74 Å². The van der Waals surface area contributed by atoms with Crippen LogP contribution in [0.1, 0.15) is 18.4 Å². The van der Waals surface area contributed by atoms with Crippen molar-refractivity contribution in [2.45, 2.75) is 25.5 Å².